The van der Waals surface area contributed by atoms with Gasteiger partial charge in [-0.25, -0.2) is 4.39 Å². The van der Waals surface area contributed by atoms with Crippen molar-refractivity contribution < 1.29 is 13.9 Å². The van der Waals surface area contributed by atoms with Gasteiger partial charge >= 0.3 is 0 Å². The third-order valence-corrected chi connectivity index (χ3v) is 4.11. The van der Waals surface area contributed by atoms with Crippen LogP contribution >= 0.6 is 0 Å². The number of aromatic nitrogens is 2. The first kappa shape index (κ1) is 18.5. The SMILES string of the molecule is CCC(C)NC(=O)c1ccc(-c2ccc(Oc3ccc(F)cc3)nn2)cc1. The molecule has 3 aromatic rings. The average Bonchev–Trinajstić information content (AvgIpc) is 2.70. The fourth-order valence-electron chi connectivity index (χ4n) is 2.35. The highest BCUT2D eigenvalue weighted by molar-refractivity contribution is 5.94. The van der Waals surface area contributed by atoms with Gasteiger partial charge in [0, 0.05) is 23.2 Å². The van der Waals surface area contributed by atoms with E-state index >= 15 is 0 Å². The number of nitrogens with one attached hydrogen (secondary N) is 1. The number of halogens is 1. The van der Waals surface area contributed by atoms with Crippen LogP contribution in [-0.4, -0.2) is 22.1 Å². The minimum absolute atomic E-state index is 0.0926. The summed E-state index contributed by atoms with van der Waals surface area (Å²) in [4.78, 5) is 12.1. The molecule has 1 aromatic heterocycles. The molecule has 1 amide bonds. The molecule has 1 N–H and O–H groups in total. The molecule has 27 heavy (non-hydrogen) atoms. The maximum absolute atomic E-state index is 12.9. The number of hydrogen-bond donors (Lipinski definition) is 1. The van der Waals surface area contributed by atoms with Crippen molar-refractivity contribution in [3.05, 3.63) is 72.0 Å². The summed E-state index contributed by atoms with van der Waals surface area (Å²) >= 11 is 0. The Morgan fingerprint density at radius 3 is 2.33 bits per heavy atom. The summed E-state index contributed by atoms with van der Waals surface area (Å²) in [6.07, 6.45) is 0.881. The van der Waals surface area contributed by atoms with Crippen molar-refractivity contribution in [1.29, 1.82) is 0 Å². The number of rotatable bonds is 6. The van der Waals surface area contributed by atoms with E-state index in [-0.39, 0.29) is 17.8 Å². The highest BCUT2D eigenvalue weighted by Crippen LogP contribution is 2.22. The fraction of sp³-hybridized carbons (Fsp3) is 0.190. The zero-order valence-electron chi connectivity index (χ0n) is 15.1. The van der Waals surface area contributed by atoms with Gasteiger partial charge in [0.1, 0.15) is 11.6 Å². The lowest BCUT2D eigenvalue weighted by molar-refractivity contribution is 0.0939. The van der Waals surface area contributed by atoms with Crippen molar-refractivity contribution >= 4 is 5.91 Å². The van der Waals surface area contributed by atoms with Crippen LogP contribution in [0.1, 0.15) is 30.6 Å². The normalized spacial score (nSPS) is 11.7. The Bertz CT molecular complexity index is 894. The Labute approximate surface area is 157 Å². The molecule has 1 heterocycles. The van der Waals surface area contributed by atoms with E-state index in [1.165, 1.54) is 24.3 Å². The largest absolute Gasteiger partial charge is 0.438 e. The van der Waals surface area contributed by atoms with Crippen LogP contribution < -0.4 is 10.1 Å². The minimum atomic E-state index is -0.329. The first-order valence-electron chi connectivity index (χ1n) is 8.73. The van der Waals surface area contributed by atoms with E-state index in [9.17, 15) is 9.18 Å². The van der Waals surface area contributed by atoms with E-state index in [1.807, 2.05) is 26.0 Å². The number of amides is 1. The van der Waals surface area contributed by atoms with E-state index in [0.717, 1.165) is 12.0 Å². The van der Waals surface area contributed by atoms with Gasteiger partial charge in [0.2, 0.25) is 5.88 Å². The van der Waals surface area contributed by atoms with E-state index < -0.39 is 0 Å². The van der Waals surface area contributed by atoms with Gasteiger partial charge in [-0.2, -0.15) is 0 Å². The smallest absolute Gasteiger partial charge is 0.251 e. The summed E-state index contributed by atoms with van der Waals surface area (Å²) in [7, 11) is 0. The number of ether oxygens (including phenoxy) is 1. The van der Waals surface area contributed by atoms with Crippen molar-refractivity contribution in [2.45, 2.75) is 26.3 Å². The summed E-state index contributed by atoms with van der Waals surface area (Å²) in [6.45, 7) is 3.99. The molecule has 138 valence electrons. The second-order valence-electron chi connectivity index (χ2n) is 6.17. The van der Waals surface area contributed by atoms with Crippen LogP contribution in [0.5, 0.6) is 11.6 Å². The predicted molar refractivity (Wildman–Crippen MR) is 101 cm³/mol. The quantitative estimate of drug-likeness (QED) is 0.693. The van der Waals surface area contributed by atoms with Crippen molar-refractivity contribution in [1.82, 2.24) is 15.5 Å². The van der Waals surface area contributed by atoms with Gasteiger partial charge < -0.3 is 10.1 Å². The van der Waals surface area contributed by atoms with E-state index in [4.69, 9.17) is 4.74 Å². The Kier molecular flexibility index (Phi) is 5.76. The molecule has 0 radical (unpaired) electrons. The molecule has 0 saturated heterocycles. The van der Waals surface area contributed by atoms with Gasteiger partial charge in [-0.05, 0) is 55.8 Å². The highest BCUT2D eigenvalue weighted by atomic mass is 19.1. The molecule has 0 spiro atoms. The second-order valence-corrected chi connectivity index (χ2v) is 6.17. The van der Waals surface area contributed by atoms with E-state index in [1.54, 1.807) is 24.3 Å². The highest BCUT2D eigenvalue weighted by Gasteiger charge is 2.09. The summed E-state index contributed by atoms with van der Waals surface area (Å²) < 4.78 is 18.4. The van der Waals surface area contributed by atoms with Gasteiger partial charge in [0.25, 0.3) is 5.91 Å². The zero-order chi connectivity index (χ0) is 19.2. The predicted octanol–water partition coefficient (Wildman–Crippen LogP) is 4.60. The second kappa shape index (κ2) is 8.40. The number of carbonyl (C=O) groups excluding carboxylic acids is 1. The van der Waals surface area contributed by atoms with Crippen LogP contribution in [0.25, 0.3) is 11.3 Å². The summed E-state index contributed by atoms with van der Waals surface area (Å²) in [6, 6.07) is 16.5. The summed E-state index contributed by atoms with van der Waals surface area (Å²) in [5.74, 6) is 0.375. The molecule has 0 aliphatic heterocycles. The van der Waals surface area contributed by atoms with Gasteiger partial charge in [0.15, 0.2) is 0 Å². The molecule has 0 bridgehead atoms. The molecule has 1 unspecified atom stereocenters. The molecule has 5 nitrogen and oxygen atoms in total. The maximum Gasteiger partial charge on any atom is 0.251 e. The lowest BCUT2D eigenvalue weighted by atomic mass is 10.1. The van der Waals surface area contributed by atoms with Crippen LogP contribution in [0, 0.1) is 5.82 Å². The minimum Gasteiger partial charge on any atom is -0.438 e. The van der Waals surface area contributed by atoms with Crippen molar-refractivity contribution in [3.63, 3.8) is 0 Å². The first-order valence-corrected chi connectivity index (χ1v) is 8.73. The Balaban J connectivity index is 1.68. The van der Waals surface area contributed by atoms with Gasteiger partial charge in [0.05, 0.1) is 5.69 Å². The average molecular weight is 365 g/mol. The topological polar surface area (TPSA) is 64.1 Å². The summed E-state index contributed by atoms with van der Waals surface area (Å²) in [5, 5.41) is 11.1. The molecule has 3 rings (SSSR count). The number of hydrogen-bond acceptors (Lipinski definition) is 4. The Morgan fingerprint density at radius 2 is 1.74 bits per heavy atom. The van der Waals surface area contributed by atoms with Crippen LogP contribution in [0.15, 0.2) is 60.7 Å². The van der Waals surface area contributed by atoms with Crippen LogP contribution in [0.4, 0.5) is 4.39 Å². The van der Waals surface area contributed by atoms with E-state index in [2.05, 4.69) is 15.5 Å². The van der Waals surface area contributed by atoms with E-state index in [0.29, 0.717) is 22.9 Å². The van der Waals surface area contributed by atoms with Crippen molar-refractivity contribution in [3.8, 4) is 22.9 Å². The Morgan fingerprint density at radius 1 is 1.04 bits per heavy atom. The molecular formula is C21H20FN3O2. The first-order chi connectivity index (χ1) is 13.0. The maximum atomic E-state index is 12.9. The van der Waals surface area contributed by atoms with Gasteiger partial charge in [-0.3, -0.25) is 4.79 Å². The third kappa shape index (κ3) is 4.88. The van der Waals surface area contributed by atoms with Crippen LogP contribution in [0.3, 0.4) is 0 Å². The summed E-state index contributed by atoms with van der Waals surface area (Å²) in [5.41, 5.74) is 2.11. The van der Waals surface area contributed by atoms with Crippen LogP contribution in [0.2, 0.25) is 0 Å². The van der Waals surface area contributed by atoms with Crippen molar-refractivity contribution in [2.75, 3.05) is 0 Å². The lowest BCUT2D eigenvalue weighted by Gasteiger charge is -2.11. The molecule has 0 saturated carbocycles. The standard InChI is InChI=1S/C21H20FN3O2/c1-3-14(2)23-21(26)16-6-4-15(5-7-16)19-12-13-20(25-24-19)27-18-10-8-17(22)9-11-18/h4-14H,3H2,1-2H3,(H,23,26). The molecule has 0 fully saturated rings. The van der Waals surface area contributed by atoms with Gasteiger partial charge in [-0.1, -0.05) is 19.1 Å². The fourth-order valence-corrected chi connectivity index (χ4v) is 2.35. The van der Waals surface area contributed by atoms with Crippen LogP contribution in [-0.2, 0) is 0 Å². The third-order valence-electron chi connectivity index (χ3n) is 4.11. The molecule has 6 heteroatoms. The molecule has 2 aromatic carbocycles. The number of nitrogens with zero attached hydrogens (tertiary/aromatic N) is 2. The molecular weight excluding hydrogens is 345 g/mol. The monoisotopic (exact) mass is 365 g/mol. The molecule has 0 aliphatic rings. The molecule has 1 atom stereocenters. The molecule has 0 aliphatic carbocycles. The van der Waals surface area contributed by atoms with Crippen molar-refractivity contribution in [2.24, 2.45) is 0 Å². The lowest BCUT2D eigenvalue weighted by Crippen LogP contribution is -2.31. The van der Waals surface area contributed by atoms with Gasteiger partial charge in [-0.15, -0.1) is 10.2 Å². The number of carbonyl (C=O) groups is 1. The zero-order valence-corrected chi connectivity index (χ0v) is 15.1. The Hall–Kier alpha value is -3.28. The number of benzene rings is 2.